The monoisotopic (exact) mass is 417 g/mol. The summed E-state index contributed by atoms with van der Waals surface area (Å²) in [5.41, 5.74) is 5.29. The highest BCUT2D eigenvalue weighted by atomic mass is 16.5. The fourth-order valence-corrected chi connectivity index (χ4v) is 3.47. The number of rotatable bonds is 5. The van der Waals surface area contributed by atoms with Crippen molar-refractivity contribution in [1.29, 1.82) is 0 Å². The Morgan fingerprint density at radius 3 is 2.47 bits per heavy atom. The first-order valence-corrected chi connectivity index (χ1v) is 9.13. The van der Waals surface area contributed by atoms with Gasteiger partial charge >= 0.3 is 11.7 Å². The predicted octanol–water partition coefficient (Wildman–Crippen LogP) is 0.359. The third kappa shape index (κ3) is 3.19. The van der Waals surface area contributed by atoms with Crippen LogP contribution in [0, 0.1) is 0 Å². The largest absolute Gasteiger partial charge is 0.497 e. The number of esters is 1. The van der Waals surface area contributed by atoms with Crippen LogP contribution in [0.2, 0.25) is 0 Å². The van der Waals surface area contributed by atoms with Crippen LogP contribution in [0.3, 0.4) is 0 Å². The Balaban J connectivity index is 2.45. The number of ether oxygens (including phenoxy) is 4. The Labute approximate surface area is 172 Å². The number of fused-ring (bicyclic) bond motifs is 1. The lowest BCUT2D eigenvalue weighted by molar-refractivity contribution is -0.139. The van der Waals surface area contributed by atoms with Crippen LogP contribution in [0.15, 0.2) is 39.2 Å². The second-order valence-corrected chi connectivity index (χ2v) is 6.57. The molecule has 1 aliphatic rings. The van der Waals surface area contributed by atoms with Gasteiger partial charge in [0.05, 0.1) is 32.3 Å². The first kappa shape index (κ1) is 21.0. The second-order valence-electron chi connectivity index (χ2n) is 6.57. The number of aromatic nitrogens is 2. The highest BCUT2D eigenvalue weighted by Gasteiger charge is 2.41. The van der Waals surface area contributed by atoms with Crippen molar-refractivity contribution in [2.24, 2.45) is 19.8 Å². The summed E-state index contributed by atoms with van der Waals surface area (Å²) in [5, 5.41) is 0. The zero-order valence-electron chi connectivity index (χ0n) is 17.3. The van der Waals surface area contributed by atoms with Gasteiger partial charge in [-0.05, 0) is 25.1 Å². The van der Waals surface area contributed by atoms with Gasteiger partial charge in [-0.1, -0.05) is 0 Å². The molecule has 0 aliphatic carbocycles. The van der Waals surface area contributed by atoms with Gasteiger partial charge in [-0.3, -0.25) is 13.9 Å². The molecule has 0 spiro atoms. The third-order valence-electron chi connectivity index (χ3n) is 4.94. The maximum Gasteiger partial charge on any atom is 0.340 e. The van der Waals surface area contributed by atoms with E-state index in [1.807, 2.05) is 0 Å². The topological polar surface area (TPSA) is 124 Å². The fourth-order valence-electron chi connectivity index (χ4n) is 3.47. The summed E-state index contributed by atoms with van der Waals surface area (Å²) >= 11 is 0. The minimum atomic E-state index is -1.01. The van der Waals surface area contributed by atoms with Crippen LogP contribution in [-0.2, 0) is 23.6 Å². The van der Waals surface area contributed by atoms with Crippen LogP contribution in [0.5, 0.6) is 17.4 Å². The number of methoxy groups -OCH3 is 2. The molecule has 160 valence electrons. The van der Waals surface area contributed by atoms with Crippen LogP contribution >= 0.6 is 0 Å². The lowest BCUT2D eigenvalue weighted by Crippen LogP contribution is -2.43. The van der Waals surface area contributed by atoms with Crippen molar-refractivity contribution in [2.75, 3.05) is 20.8 Å². The fraction of sp³-hybridized carbons (Fsp3) is 0.350. The van der Waals surface area contributed by atoms with Crippen LogP contribution < -0.4 is 31.2 Å². The molecular weight excluding hydrogens is 394 g/mol. The molecule has 0 bridgehead atoms. The van der Waals surface area contributed by atoms with Crippen molar-refractivity contribution < 1.29 is 23.7 Å². The van der Waals surface area contributed by atoms with Gasteiger partial charge in [0.25, 0.3) is 5.56 Å². The van der Waals surface area contributed by atoms with Gasteiger partial charge in [0.2, 0.25) is 11.8 Å². The van der Waals surface area contributed by atoms with E-state index >= 15 is 0 Å². The molecular formula is C20H23N3O7. The van der Waals surface area contributed by atoms with Crippen LogP contribution in [0.4, 0.5) is 0 Å². The number of carbonyl (C=O) groups is 1. The van der Waals surface area contributed by atoms with Gasteiger partial charge < -0.3 is 24.7 Å². The number of benzene rings is 1. The van der Waals surface area contributed by atoms with Gasteiger partial charge in [0, 0.05) is 19.7 Å². The number of hydrogen-bond acceptors (Lipinski definition) is 8. The summed E-state index contributed by atoms with van der Waals surface area (Å²) in [4.78, 5) is 38.4. The molecule has 10 heteroatoms. The summed E-state index contributed by atoms with van der Waals surface area (Å²) in [6.07, 6.45) is 0. The average Bonchev–Trinajstić information content (AvgIpc) is 2.74. The number of nitrogens with zero attached hydrogens (tertiary/aromatic N) is 2. The molecule has 0 saturated carbocycles. The second kappa shape index (κ2) is 7.97. The van der Waals surface area contributed by atoms with E-state index in [4.69, 9.17) is 24.7 Å². The minimum Gasteiger partial charge on any atom is -0.497 e. The average molecular weight is 417 g/mol. The van der Waals surface area contributed by atoms with Crippen molar-refractivity contribution in [3.05, 3.63) is 61.6 Å². The van der Waals surface area contributed by atoms with Gasteiger partial charge in [0.1, 0.15) is 17.1 Å². The van der Waals surface area contributed by atoms with E-state index in [0.29, 0.717) is 17.1 Å². The Hall–Kier alpha value is -3.69. The lowest BCUT2D eigenvalue weighted by atomic mass is 9.83. The third-order valence-corrected chi connectivity index (χ3v) is 4.94. The standard InChI is InChI=1S/C20H23N3O7/c1-6-29-19(25)14-13(11-9-10(27-4)7-8-12(11)28-5)15-17(24)22(2)20(26)23(3)18(15)30-16(14)21/h7-9,13H,6,21H2,1-5H3/t13-/m0/s1. The SMILES string of the molecule is CCOC(=O)C1=C(N)Oc2c(c(=O)n(C)c(=O)n2C)[C@H]1c1cc(OC)ccc1OC. The number of hydrogen-bond donors (Lipinski definition) is 1. The zero-order valence-corrected chi connectivity index (χ0v) is 17.3. The Morgan fingerprint density at radius 2 is 1.87 bits per heavy atom. The quantitative estimate of drug-likeness (QED) is 0.692. The first-order chi connectivity index (χ1) is 14.3. The van der Waals surface area contributed by atoms with Crippen LogP contribution in [0.1, 0.15) is 24.0 Å². The van der Waals surface area contributed by atoms with Crippen LogP contribution in [-0.4, -0.2) is 35.9 Å². The molecule has 1 aliphatic heterocycles. The van der Waals surface area contributed by atoms with E-state index in [-0.39, 0.29) is 29.5 Å². The van der Waals surface area contributed by atoms with Gasteiger partial charge in [-0.2, -0.15) is 0 Å². The molecule has 3 rings (SSSR count). The van der Waals surface area contributed by atoms with Gasteiger partial charge in [-0.25, -0.2) is 9.59 Å². The van der Waals surface area contributed by atoms with E-state index in [0.717, 1.165) is 9.13 Å². The summed E-state index contributed by atoms with van der Waals surface area (Å²) in [7, 11) is 5.74. The summed E-state index contributed by atoms with van der Waals surface area (Å²) in [6, 6.07) is 4.96. The van der Waals surface area contributed by atoms with Crippen molar-refractivity contribution in [2.45, 2.75) is 12.8 Å². The van der Waals surface area contributed by atoms with E-state index in [1.54, 1.807) is 25.1 Å². The van der Waals surface area contributed by atoms with E-state index in [1.165, 1.54) is 28.3 Å². The molecule has 1 aromatic carbocycles. The van der Waals surface area contributed by atoms with E-state index in [9.17, 15) is 14.4 Å². The summed E-state index contributed by atoms with van der Waals surface area (Å²) in [6.45, 7) is 1.74. The predicted molar refractivity (Wildman–Crippen MR) is 107 cm³/mol. The lowest BCUT2D eigenvalue weighted by Gasteiger charge is -2.29. The Kier molecular flexibility index (Phi) is 5.59. The van der Waals surface area contributed by atoms with Gasteiger partial charge in [0.15, 0.2) is 0 Å². The molecule has 1 aromatic heterocycles. The Morgan fingerprint density at radius 1 is 1.17 bits per heavy atom. The smallest absolute Gasteiger partial charge is 0.340 e. The van der Waals surface area contributed by atoms with E-state index < -0.39 is 23.1 Å². The molecule has 10 nitrogen and oxygen atoms in total. The molecule has 0 unspecified atom stereocenters. The molecule has 0 radical (unpaired) electrons. The molecule has 2 heterocycles. The maximum absolute atomic E-state index is 13.1. The number of nitrogens with two attached hydrogens (primary N) is 1. The first-order valence-electron chi connectivity index (χ1n) is 9.13. The van der Waals surface area contributed by atoms with Crippen molar-refractivity contribution in [3.8, 4) is 17.4 Å². The summed E-state index contributed by atoms with van der Waals surface area (Å²) < 4.78 is 23.6. The molecule has 2 N–H and O–H groups in total. The molecule has 0 saturated heterocycles. The molecule has 0 fully saturated rings. The highest BCUT2D eigenvalue weighted by Crippen LogP contribution is 2.44. The minimum absolute atomic E-state index is 0.0523. The van der Waals surface area contributed by atoms with E-state index in [2.05, 4.69) is 0 Å². The molecule has 2 aromatic rings. The van der Waals surface area contributed by atoms with Crippen molar-refractivity contribution >= 4 is 5.97 Å². The Bertz CT molecular complexity index is 1160. The maximum atomic E-state index is 13.1. The molecule has 0 amide bonds. The highest BCUT2D eigenvalue weighted by molar-refractivity contribution is 5.92. The summed E-state index contributed by atoms with van der Waals surface area (Å²) in [5.74, 6) is -1.21. The van der Waals surface area contributed by atoms with Crippen LogP contribution in [0.25, 0.3) is 0 Å². The van der Waals surface area contributed by atoms with Crippen molar-refractivity contribution in [1.82, 2.24) is 9.13 Å². The molecule has 1 atom stereocenters. The zero-order chi connectivity index (χ0) is 22.2. The van der Waals surface area contributed by atoms with Crippen molar-refractivity contribution in [3.63, 3.8) is 0 Å². The van der Waals surface area contributed by atoms with Gasteiger partial charge in [-0.15, -0.1) is 0 Å². The number of carbonyl (C=O) groups excluding carboxylic acids is 1. The normalized spacial score (nSPS) is 15.3. The molecule has 30 heavy (non-hydrogen) atoms.